The maximum Gasteiger partial charge on any atom is 0.151 e. The number of hydrogen-bond acceptors (Lipinski definition) is 4. The Labute approximate surface area is 82.6 Å². The Balaban J connectivity index is 2.51. The van der Waals surface area contributed by atoms with E-state index in [-0.39, 0.29) is 0 Å². The molecule has 3 nitrogen and oxygen atoms in total. The highest BCUT2D eigenvalue weighted by Crippen LogP contribution is 2.40. The van der Waals surface area contributed by atoms with Crippen molar-refractivity contribution in [1.29, 1.82) is 0 Å². The topological polar surface area (TPSA) is 32.3 Å². The fourth-order valence-electron chi connectivity index (χ4n) is 1.04. The zero-order chi connectivity index (χ0) is 8.55. The molecule has 1 N–H and O–H groups in total. The maximum absolute atomic E-state index is 10.6. The highest BCUT2D eigenvalue weighted by Gasteiger charge is 2.19. The summed E-state index contributed by atoms with van der Waals surface area (Å²) < 4.78 is 1.69. The second-order valence-electron chi connectivity index (χ2n) is 2.29. The summed E-state index contributed by atoms with van der Waals surface area (Å²) >= 11 is 4.70. The van der Waals surface area contributed by atoms with E-state index in [1.807, 2.05) is 12.1 Å². The molecule has 0 aliphatic carbocycles. The fourth-order valence-corrected chi connectivity index (χ4v) is 2.40. The summed E-state index contributed by atoms with van der Waals surface area (Å²) in [6, 6.07) is 5.57. The number of halogens is 1. The van der Waals surface area contributed by atoms with Crippen molar-refractivity contribution in [2.75, 3.05) is 5.43 Å². The molecule has 1 aliphatic rings. The van der Waals surface area contributed by atoms with Crippen molar-refractivity contribution in [3.8, 4) is 0 Å². The van der Waals surface area contributed by atoms with Gasteiger partial charge in [-0.05, 0) is 18.0 Å². The van der Waals surface area contributed by atoms with Crippen molar-refractivity contribution in [3.05, 3.63) is 23.8 Å². The minimum atomic E-state index is 0.715. The van der Waals surface area contributed by atoms with Crippen LogP contribution in [0.1, 0.15) is 10.4 Å². The number of hydrogen-bond donors (Lipinski definition) is 1. The lowest BCUT2D eigenvalue weighted by molar-refractivity contribution is 0.112. The van der Waals surface area contributed by atoms with Crippen LogP contribution in [0.25, 0.3) is 0 Å². The third-order valence-corrected chi connectivity index (χ3v) is 3.05. The summed E-state index contributed by atoms with van der Waals surface area (Å²) in [6.45, 7) is 0. The zero-order valence-corrected chi connectivity index (χ0v) is 8.35. The maximum atomic E-state index is 10.6. The molecule has 0 aromatic heterocycles. The fraction of sp³-hybridized carbons (Fsp3) is 0. The van der Waals surface area contributed by atoms with E-state index in [9.17, 15) is 4.79 Å². The molecule has 12 heavy (non-hydrogen) atoms. The number of anilines is 1. The summed E-state index contributed by atoms with van der Waals surface area (Å²) in [5, 5.41) is 0. The van der Waals surface area contributed by atoms with Gasteiger partial charge in [-0.2, -0.15) is 0 Å². The minimum Gasteiger partial charge on any atom is -0.298 e. The first-order valence-electron chi connectivity index (χ1n) is 3.30. The highest BCUT2D eigenvalue weighted by molar-refractivity contribution is 9.09. The van der Waals surface area contributed by atoms with Crippen LogP contribution in [0, 0.1) is 0 Å². The first-order chi connectivity index (χ1) is 5.81. The smallest absolute Gasteiger partial charge is 0.151 e. The Bertz CT molecular complexity index is 331. The molecule has 0 amide bonds. The molecule has 0 saturated heterocycles. The first-order valence-corrected chi connectivity index (χ1v) is 4.78. The zero-order valence-electron chi connectivity index (χ0n) is 5.95. The van der Waals surface area contributed by atoms with Gasteiger partial charge in [-0.25, -0.2) is 0 Å². The van der Waals surface area contributed by atoms with Gasteiger partial charge in [-0.3, -0.25) is 10.2 Å². The van der Waals surface area contributed by atoms with Crippen LogP contribution in [0.15, 0.2) is 23.1 Å². The summed E-state index contributed by atoms with van der Waals surface area (Å²) in [5.74, 6) is 0. The van der Waals surface area contributed by atoms with Crippen LogP contribution in [0.2, 0.25) is 0 Å². The molecule has 0 spiro atoms. The summed E-state index contributed by atoms with van der Waals surface area (Å²) in [7, 11) is 0. The van der Waals surface area contributed by atoms with E-state index >= 15 is 0 Å². The van der Waals surface area contributed by atoms with Crippen molar-refractivity contribution in [2.45, 2.75) is 4.90 Å². The van der Waals surface area contributed by atoms with Gasteiger partial charge in [-0.15, -0.1) is 0 Å². The van der Waals surface area contributed by atoms with Gasteiger partial charge in [0.2, 0.25) is 0 Å². The number of rotatable bonds is 1. The van der Waals surface area contributed by atoms with Crippen molar-refractivity contribution in [3.63, 3.8) is 0 Å². The molecule has 0 atom stereocenters. The Morgan fingerprint density at radius 3 is 3.17 bits per heavy atom. The van der Waals surface area contributed by atoms with E-state index in [4.69, 9.17) is 0 Å². The lowest BCUT2D eigenvalue weighted by Crippen LogP contribution is -2.02. The van der Waals surface area contributed by atoms with E-state index in [1.165, 1.54) is 11.9 Å². The summed E-state index contributed by atoms with van der Waals surface area (Å²) in [6.07, 6.45) is 0.861. The van der Waals surface area contributed by atoms with Crippen LogP contribution >= 0.6 is 28.1 Å². The van der Waals surface area contributed by atoms with Gasteiger partial charge in [0.1, 0.15) is 0 Å². The molecular formula is C7H5BrN2OS. The number of aldehydes is 1. The monoisotopic (exact) mass is 244 g/mol. The quantitative estimate of drug-likeness (QED) is 0.468. The van der Waals surface area contributed by atoms with Crippen molar-refractivity contribution in [1.82, 2.24) is 3.44 Å². The summed E-state index contributed by atoms with van der Waals surface area (Å²) in [4.78, 5) is 11.6. The molecule has 1 aromatic carbocycles. The van der Waals surface area contributed by atoms with E-state index in [0.717, 1.165) is 16.9 Å². The van der Waals surface area contributed by atoms with Gasteiger partial charge in [-0.1, -0.05) is 15.6 Å². The van der Waals surface area contributed by atoms with E-state index in [1.54, 1.807) is 9.51 Å². The second kappa shape index (κ2) is 3.08. The molecule has 0 saturated carbocycles. The lowest BCUT2D eigenvalue weighted by atomic mass is 10.2. The summed E-state index contributed by atoms with van der Waals surface area (Å²) in [5.41, 5.74) is 4.70. The number of nitrogens with one attached hydrogen (secondary N) is 1. The van der Waals surface area contributed by atoms with Gasteiger partial charge in [0, 0.05) is 21.7 Å². The van der Waals surface area contributed by atoms with Crippen LogP contribution in [0.5, 0.6) is 0 Å². The van der Waals surface area contributed by atoms with Crippen LogP contribution in [0.4, 0.5) is 5.69 Å². The third-order valence-electron chi connectivity index (χ3n) is 1.55. The van der Waals surface area contributed by atoms with Crippen LogP contribution < -0.4 is 5.43 Å². The van der Waals surface area contributed by atoms with Crippen molar-refractivity contribution in [2.24, 2.45) is 0 Å². The standard InChI is InChI=1S/C7H5BrN2OS/c8-10-9-6-3-1-2-5(4-11)7(6)12-10/h1-4,9H. The van der Waals surface area contributed by atoms with Gasteiger partial charge in [0.15, 0.2) is 6.29 Å². The van der Waals surface area contributed by atoms with Gasteiger partial charge in [0.05, 0.1) is 10.6 Å². The van der Waals surface area contributed by atoms with Crippen molar-refractivity contribution < 1.29 is 4.79 Å². The lowest BCUT2D eigenvalue weighted by Gasteiger charge is -2.00. The van der Waals surface area contributed by atoms with Gasteiger partial charge >= 0.3 is 0 Å². The second-order valence-corrected chi connectivity index (χ2v) is 4.42. The number of carbonyl (C=O) groups is 1. The average molecular weight is 245 g/mol. The van der Waals surface area contributed by atoms with Gasteiger partial charge < -0.3 is 0 Å². The average Bonchev–Trinajstić information content (AvgIpc) is 2.44. The minimum absolute atomic E-state index is 0.715. The Kier molecular flexibility index (Phi) is 2.08. The largest absolute Gasteiger partial charge is 0.298 e. The van der Waals surface area contributed by atoms with E-state index in [0.29, 0.717) is 5.56 Å². The molecule has 5 heteroatoms. The SMILES string of the molecule is O=Cc1cccc2c1SN(Br)N2. The molecule has 1 heterocycles. The molecular weight excluding hydrogens is 240 g/mol. The molecule has 62 valence electrons. The molecule has 0 radical (unpaired) electrons. The predicted octanol–water partition coefficient (Wildman–Crippen LogP) is 2.46. The number of nitrogens with zero attached hydrogens (tertiary/aromatic N) is 1. The molecule has 0 unspecified atom stereocenters. The molecule has 0 bridgehead atoms. The number of hydrazine groups is 1. The highest BCUT2D eigenvalue weighted by atomic mass is 79.9. The Morgan fingerprint density at radius 1 is 1.58 bits per heavy atom. The Hall–Kier alpha value is -0.520. The van der Waals surface area contributed by atoms with Crippen LogP contribution in [-0.2, 0) is 0 Å². The van der Waals surface area contributed by atoms with Gasteiger partial charge in [0.25, 0.3) is 0 Å². The van der Waals surface area contributed by atoms with E-state index < -0.39 is 0 Å². The van der Waals surface area contributed by atoms with E-state index in [2.05, 4.69) is 21.6 Å². The molecule has 0 fully saturated rings. The predicted molar refractivity (Wildman–Crippen MR) is 52.1 cm³/mol. The Morgan fingerprint density at radius 2 is 2.42 bits per heavy atom. The van der Waals surface area contributed by atoms with Crippen molar-refractivity contribution >= 4 is 40.1 Å². The molecule has 1 aromatic rings. The number of benzene rings is 1. The molecule has 2 rings (SSSR count). The van der Waals surface area contributed by atoms with Crippen LogP contribution in [0.3, 0.4) is 0 Å². The number of carbonyl (C=O) groups excluding carboxylic acids is 1. The number of fused-ring (bicyclic) bond motifs is 1. The normalized spacial score (nSPS) is 15.4. The van der Waals surface area contributed by atoms with Crippen LogP contribution in [-0.4, -0.2) is 9.73 Å². The molecule has 1 aliphatic heterocycles. The first kappa shape index (κ1) is 8.10. The third kappa shape index (κ3) is 1.24.